The minimum Gasteiger partial charge on any atom is -0.497 e. The van der Waals surface area contributed by atoms with E-state index in [1.807, 2.05) is 24.3 Å². The van der Waals surface area contributed by atoms with Gasteiger partial charge in [-0.3, -0.25) is 0 Å². The van der Waals surface area contributed by atoms with E-state index in [2.05, 4.69) is 21.2 Å². The molecule has 128 valence electrons. The normalized spacial score (nSPS) is 18.9. The van der Waals surface area contributed by atoms with Gasteiger partial charge in [-0.1, -0.05) is 12.1 Å². The molecule has 1 unspecified atom stereocenters. The van der Waals surface area contributed by atoms with Crippen LogP contribution >= 0.6 is 15.9 Å². The smallest absolute Gasteiger partial charge is 0.151 e. The molecule has 2 aromatic rings. The summed E-state index contributed by atoms with van der Waals surface area (Å²) in [6, 6.07) is 12.1. The monoisotopic (exact) mass is 395 g/mol. The van der Waals surface area contributed by atoms with E-state index in [9.17, 15) is 4.39 Å². The van der Waals surface area contributed by atoms with E-state index in [1.54, 1.807) is 13.2 Å². The molecule has 0 aromatic heterocycles. The summed E-state index contributed by atoms with van der Waals surface area (Å²) in [6.07, 6.45) is -0.488. The molecule has 1 saturated heterocycles. The summed E-state index contributed by atoms with van der Waals surface area (Å²) >= 11 is 3.35. The van der Waals surface area contributed by atoms with Gasteiger partial charge in [-0.25, -0.2) is 4.39 Å². The standard InChI is InChI=1S/C18H19BrFNO3/c1-22-14-4-2-3-12(9-14)18(17-11-21-7-8-23-17)24-16-6-5-13(20)10-15(16)19/h2-6,9-10,17-18,21H,7-8,11H2,1H3/t17?,18-/m0/s1. The summed E-state index contributed by atoms with van der Waals surface area (Å²) in [7, 11) is 1.63. The van der Waals surface area contributed by atoms with Crippen LogP contribution in [0.1, 0.15) is 11.7 Å². The van der Waals surface area contributed by atoms with Gasteiger partial charge in [-0.05, 0) is 51.8 Å². The van der Waals surface area contributed by atoms with Crippen molar-refractivity contribution in [3.63, 3.8) is 0 Å². The van der Waals surface area contributed by atoms with E-state index >= 15 is 0 Å². The van der Waals surface area contributed by atoms with E-state index in [1.165, 1.54) is 12.1 Å². The first-order valence-corrected chi connectivity index (χ1v) is 8.54. The Kier molecular flexibility index (Phi) is 5.71. The predicted octanol–water partition coefficient (Wildman–Crippen LogP) is 3.71. The lowest BCUT2D eigenvalue weighted by atomic mass is 10.0. The number of morpholine rings is 1. The van der Waals surface area contributed by atoms with Crippen LogP contribution in [0.4, 0.5) is 4.39 Å². The lowest BCUT2D eigenvalue weighted by Gasteiger charge is -2.32. The van der Waals surface area contributed by atoms with Crippen LogP contribution in [0, 0.1) is 5.82 Å². The Balaban J connectivity index is 1.91. The average molecular weight is 396 g/mol. The third-order valence-corrected chi connectivity index (χ3v) is 4.48. The molecule has 4 nitrogen and oxygen atoms in total. The molecule has 24 heavy (non-hydrogen) atoms. The first kappa shape index (κ1) is 17.2. The molecule has 0 spiro atoms. The van der Waals surface area contributed by atoms with Gasteiger partial charge in [0.15, 0.2) is 6.10 Å². The van der Waals surface area contributed by atoms with Crippen LogP contribution in [0.15, 0.2) is 46.9 Å². The predicted molar refractivity (Wildman–Crippen MR) is 93.1 cm³/mol. The minimum absolute atomic E-state index is 0.150. The molecule has 1 aliphatic heterocycles. The summed E-state index contributed by atoms with van der Waals surface area (Å²) < 4.78 is 31.3. The molecule has 1 N–H and O–H groups in total. The number of methoxy groups -OCH3 is 1. The van der Waals surface area contributed by atoms with Crippen LogP contribution < -0.4 is 14.8 Å². The number of hydrogen-bond acceptors (Lipinski definition) is 4. The fourth-order valence-corrected chi connectivity index (χ4v) is 3.11. The fraction of sp³-hybridized carbons (Fsp3) is 0.333. The molecule has 0 amide bonds. The molecule has 2 atom stereocenters. The number of halogens is 2. The van der Waals surface area contributed by atoms with E-state index < -0.39 is 0 Å². The summed E-state index contributed by atoms with van der Waals surface area (Å²) in [5.41, 5.74) is 0.944. The Bertz CT molecular complexity index is 692. The van der Waals surface area contributed by atoms with Gasteiger partial charge in [0.1, 0.15) is 23.4 Å². The fourth-order valence-electron chi connectivity index (χ4n) is 2.66. The van der Waals surface area contributed by atoms with Gasteiger partial charge in [-0.2, -0.15) is 0 Å². The van der Waals surface area contributed by atoms with Crippen LogP contribution in [0.2, 0.25) is 0 Å². The van der Waals surface area contributed by atoms with E-state index in [-0.39, 0.29) is 18.0 Å². The molecule has 1 heterocycles. The minimum atomic E-state index is -0.338. The first-order chi connectivity index (χ1) is 11.7. The Morgan fingerprint density at radius 3 is 2.88 bits per heavy atom. The van der Waals surface area contributed by atoms with Crippen LogP contribution in [-0.4, -0.2) is 32.9 Å². The van der Waals surface area contributed by atoms with Gasteiger partial charge in [0.05, 0.1) is 18.2 Å². The van der Waals surface area contributed by atoms with Crippen LogP contribution in [0.3, 0.4) is 0 Å². The van der Waals surface area contributed by atoms with Gasteiger partial charge in [0.2, 0.25) is 0 Å². The second kappa shape index (κ2) is 7.96. The highest BCUT2D eigenvalue weighted by atomic mass is 79.9. The average Bonchev–Trinajstić information content (AvgIpc) is 2.62. The van der Waals surface area contributed by atoms with Crippen molar-refractivity contribution in [2.24, 2.45) is 0 Å². The third-order valence-electron chi connectivity index (χ3n) is 3.86. The van der Waals surface area contributed by atoms with Crippen molar-refractivity contribution in [2.45, 2.75) is 12.2 Å². The summed E-state index contributed by atoms with van der Waals surface area (Å²) in [4.78, 5) is 0. The van der Waals surface area contributed by atoms with Crippen molar-refractivity contribution in [1.82, 2.24) is 5.32 Å². The van der Waals surface area contributed by atoms with Gasteiger partial charge in [-0.15, -0.1) is 0 Å². The molecule has 1 aliphatic rings. The maximum atomic E-state index is 13.3. The van der Waals surface area contributed by atoms with Crippen molar-refractivity contribution in [1.29, 1.82) is 0 Å². The maximum Gasteiger partial charge on any atom is 0.151 e. The molecular formula is C18H19BrFNO3. The molecule has 2 aromatic carbocycles. The highest BCUT2D eigenvalue weighted by molar-refractivity contribution is 9.10. The van der Waals surface area contributed by atoms with Crippen molar-refractivity contribution in [2.75, 3.05) is 26.8 Å². The van der Waals surface area contributed by atoms with Crippen molar-refractivity contribution >= 4 is 15.9 Å². The highest BCUT2D eigenvalue weighted by Crippen LogP contribution is 2.33. The van der Waals surface area contributed by atoms with E-state index in [0.717, 1.165) is 17.9 Å². The van der Waals surface area contributed by atoms with Crippen molar-refractivity contribution in [3.05, 3.63) is 58.3 Å². The Morgan fingerprint density at radius 1 is 1.29 bits per heavy atom. The Labute approximate surface area is 149 Å². The van der Waals surface area contributed by atoms with Gasteiger partial charge in [0, 0.05) is 13.1 Å². The maximum absolute atomic E-state index is 13.3. The molecule has 1 fully saturated rings. The largest absolute Gasteiger partial charge is 0.497 e. The molecule has 0 saturated carbocycles. The molecule has 3 rings (SSSR count). The zero-order valence-electron chi connectivity index (χ0n) is 13.3. The molecule has 0 bridgehead atoms. The zero-order chi connectivity index (χ0) is 16.9. The first-order valence-electron chi connectivity index (χ1n) is 7.75. The lowest BCUT2D eigenvalue weighted by molar-refractivity contribution is -0.0435. The SMILES string of the molecule is COc1cccc([C@H](Oc2ccc(F)cc2Br)C2CNCCO2)c1. The zero-order valence-corrected chi connectivity index (χ0v) is 14.9. The van der Waals surface area contributed by atoms with Crippen molar-refractivity contribution < 1.29 is 18.6 Å². The van der Waals surface area contributed by atoms with Crippen LogP contribution in [0.5, 0.6) is 11.5 Å². The molecule has 0 radical (unpaired) electrons. The summed E-state index contributed by atoms with van der Waals surface area (Å²) in [6.45, 7) is 2.13. The molecule has 0 aliphatic carbocycles. The number of ether oxygens (including phenoxy) is 3. The lowest BCUT2D eigenvalue weighted by Crippen LogP contribution is -2.43. The van der Waals surface area contributed by atoms with Crippen LogP contribution in [0.25, 0.3) is 0 Å². The molecule has 6 heteroatoms. The Morgan fingerprint density at radius 2 is 2.17 bits per heavy atom. The van der Waals surface area contributed by atoms with Crippen molar-refractivity contribution in [3.8, 4) is 11.5 Å². The molecular weight excluding hydrogens is 377 g/mol. The van der Waals surface area contributed by atoms with Gasteiger partial charge < -0.3 is 19.5 Å². The summed E-state index contributed by atoms with van der Waals surface area (Å²) in [5, 5.41) is 3.32. The third kappa shape index (κ3) is 4.06. The quantitative estimate of drug-likeness (QED) is 0.837. The second-order valence-corrected chi connectivity index (χ2v) is 6.36. The van der Waals surface area contributed by atoms with E-state index in [0.29, 0.717) is 23.4 Å². The van der Waals surface area contributed by atoms with Gasteiger partial charge >= 0.3 is 0 Å². The Hall–Kier alpha value is -1.63. The van der Waals surface area contributed by atoms with Gasteiger partial charge in [0.25, 0.3) is 0 Å². The second-order valence-electron chi connectivity index (χ2n) is 5.50. The van der Waals surface area contributed by atoms with E-state index in [4.69, 9.17) is 14.2 Å². The van der Waals surface area contributed by atoms with Crippen LogP contribution in [-0.2, 0) is 4.74 Å². The number of nitrogens with one attached hydrogen (secondary N) is 1. The number of hydrogen-bond donors (Lipinski definition) is 1. The number of benzene rings is 2. The highest BCUT2D eigenvalue weighted by Gasteiger charge is 2.28. The summed E-state index contributed by atoms with van der Waals surface area (Å²) in [5.74, 6) is 1.00. The number of rotatable bonds is 5. The topological polar surface area (TPSA) is 39.7 Å².